The Hall–Kier alpha value is -4.07. The number of aromatic nitrogens is 2. The van der Waals surface area contributed by atoms with Gasteiger partial charge in [0, 0.05) is 23.1 Å². The van der Waals surface area contributed by atoms with Gasteiger partial charge in [0.05, 0.1) is 25.1 Å². The molecule has 0 saturated carbocycles. The van der Waals surface area contributed by atoms with E-state index >= 15 is 0 Å². The molecule has 1 aromatic heterocycles. The molecular formula is C21H17N3O5. The molecule has 0 radical (unpaired) electrons. The van der Waals surface area contributed by atoms with Crippen LogP contribution in [0.3, 0.4) is 0 Å². The fraction of sp³-hybridized carbons (Fsp3) is 0.0952. The van der Waals surface area contributed by atoms with Crippen LogP contribution < -0.4 is 31.3 Å². The molecule has 3 aromatic rings. The van der Waals surface area contributed by atoms with Gasteiger partial charge in [-0.3, -0.25) is 19.8 Å². The average molecular weight is 391 g/mol. The van der Waals surface area contributed by atoms with Crippen molar-refractivity contribution < 1.29 is 14.6 Å². The second-order valence-corrected chi connectivity index (χ2v) is 6.27. The number of ether oxygens (including phenoxy) is 2. The summed E-state index contributed by atoms with van der Waals surface area (Å²) in [5.74, 6) is 0.418. The second-order valence-electron chi connectivity index (χ2n) is 6.27. The number of aromatic hydroxyl groups is 1. The Labute approximate surface area is 164 Å². The second kappa shape index (κ2) is 7.16. The summed E-state index contributed by atoms with van der Waals surface area (Å²) in [6.07, 6.45) is 3.14. The van der Waals surface area contributed by atoms with Gasteiger partial charge < -0.3 is 14.6 Å². The molecule has 0 atom stereocenters. The molecule has 1 aliphatic heterocycles. The van der Waals surface area contributed by atoms with Crippen LogP contribution in [-0.4, -0.2) is 29.3 Å². The monoisotopic (exact) mass is 391 g/mol. The minimum absolute atomic E-state index is 0.112. The van der Waals surface area contributed by atoms with E-state index in [9.17, 15) is 14.7 Å². The van der Waals surface area contributed by atoms with Gasteiger partial charge in [-0.2, -0.15) is 0 Å². The standard InChI is InChI=1S/C21H17N3O5/c1-28-15-9-16(29-2)17-14(11-6-4-3-5-7-11)10-22-18(17)12(15)8-13-19(25)23-21(27)24-20(13)26/h3-10H,1-2H3,(H3,23,24,25,26,27)/b12-8+. The summed E-state index contributed by atoms with van der Waals surface area (Å²) in [6, 6.07) is 11.4. The van der Waals surface area contributed by atoms with Crippen molar-refractivity contribution >= 4 is 11.6 Å². The average Bonchev–Trinajstić information content (AvgIpc) is 3.16. The van der Waals surface area contributed by atoms with Gasteiger partial charge in [-0.25, -0.2) is 4.79 Å². The van der Waals surface area contributed by atoms with Crippen LogP contribution in [0.2, 0.25) is 0 Å². The third-order valence-corrected chi connectivity index (χ3v) is 4.63. The van der Waals surface area contributed by atoms with Crippen LogP contribution in [0.4, 0.5) is 0 Å². The highest BCUT2D eigenvalue weighted by atomic mass is 16.5. The first kappa shape index (κ1) is 18.3. The molecule has 8 nitrogen and oxygen atoms in total. The van der Waals surface area contributed by atoms with Crippen molar-refractivity contribution in [3.05, 3.63) is 90.7 Å². The van der Waals surface area contributed by atoms with E-state index in [-0.39, 0.29) is 5.56 Å². The number of H-pyrrole nitrogens is 2. The van der Waals surface area contributed by atoms with Gasteiger partial charge in [-0.05, 0) is 11.6 Å². The molecule has 0 bridgehead atoms. The van der Waals surface area contributed by atoms with E-state index in [1.54, 1.807) is 19.4 Å². The maximum Gasteiger partial charge on any atom is 0.328 e. The van der Waals surface area contributed by atoms with Crippen LogP contribution in [0.5, 0.6) is 17.4 Å². The Morgan fingerprint density at radius 3 is 2.41 bits per heavy atom. The lowest BCUT2D eigenvalue weighted by Gasteiger charge is -2.12. The minimum atomic E-state index is -0.797. The van der Waals surface area contributed by atoms with Crippen LogP contribution in [-0.2, 0) is 0 Å². The first-order valence-corrected chi connectivity index (χ1v) is 8.69. The number of benzene rings is 2. The molecule has 0 amide bonds. The van der Waals surface area contributed by atoms with E-state index in [2.05, 4.69) is 15.0 Å². The highest BCUT2D eigenvalue weighted by molar-refractivity contribution is 5.85. The molecule has 2 aromatic carbocycles. The van der Waals surface area contributed by atoms with Crippen LogP contribution >= 0.6 is 0 Å². The van der Waals surface area contributed by atoms with Crippen LogP contribution in [0.25, 0.3) is 11.6 Å². The van der Waals surface area contributed by atoms with Gasteiger partial charge in [-0.1, -0.05) is 30.3 Å². The Bertz CT molecular complexity index is 1370. The van der Waals surface area contributed by atoms with Crippen molar-refractivity contribution in [1.82, 2.24) is 9.97 Å². The van der Waals surface area contributed by atoms with E-state index in [1.807, 2.05) is 30.3 Å². The van der Waals surface area contributed by atoms with Gasteiger partial charge in [-0.15, -0.1) is 0 Å². The first-order chi connectivity index (χ1) is 14.0. The number of rotatable bonds is 4. The zero-order valence-electron chi connectivity index (χ0n) is 15.6. The zero-order valence-corrected chi connectivity index (χ0v) is 15.6. The molecular weight excluding hydrogens is 374 g/mol. The molecule has 0 unspecified atom stereocenters. The molecule has 0 spiro atoms. The van der Waals surface area contributed by atoms with Crippen molar-refractivity contribution in [2.24, 2.45) is 4.99 Å². The Morgan fingerprint density at radius 1 is 1.03 bits per heavy atom. The number of aromatic amines is 2. The van der Waals surface area contributed by atoms with E-state index in [0.29, 0.717) is 22.1 Å². The molecule has 0 saturated heterocycles. The molecule has 146 valence electrons. The summed E-state index contributed by atoms with van der Waals surface area (Å²) < 4.78 is 11.0. The van der Waals surface area contributed by atoms with E-state index in [1.165, 1.54) is 13.2 Å². The molecule has 29 heavy (non-hydrogen) atoms. The fourth-order valence-corrected chi connectivity index (χ4v) is 3.29. The number of hydrogen-bond donors (Lipinski definition) is 3. The smallest absolute Gasteiger partial charge is 0.328 e. The van der Waals surface area contributed by atoms with Crippen molar-refractivity contribution in [3.63, 3.8) is 0 Å². The van der Waals surface area contributed by atoms with Crippen molar-refractivity contribution in [1.29, 1.82) is 0 Å². The molecule has 4 rings (SSSR count). The Balaban J connectivity index is 2.05. The summed E-state index contributed by atoms with van der Waals surface area (Å²) in [7, 11) is 3.04. The molecule has 2 heterocycles. The van der Waals surface area contributed by atoms with Crippen molar-refractivity contribution in [2.45, 2.75) is 0 Å². The topological polar surface area (TPSA) is 117 Å². The summed E-state index contributed by atoms with van der Waals surface area (Å²) in [6.45, 7) is 0. The largest absolute Gasteiger partial charge is 0.496 e. The highest BCUT2D eigenvalue weighted by Crippen LogP contribution is 2.32. The van der Waals surface area contributed by atoms with Gasteiger partial charge in [0.25, 0.3) is 5.56 Å². The lowest BCUT2D eigenvalue weighted by Crippen LogP contribution is -2.31. The Kier molecular flexibility index (Phi) is 4.52. The van der Waals surface area contributed by atoms with Crippen LogP contribution in [0, 0.1) is 0 Å². The third-order valence-electron chi connectivity index (χ3n) is 4.63. The lowest BCUT2D eigenvalue weighted by atomic mass is 9.97. The van der Waals surface area contributed by atoms with Crippen molar-refractivity contribution in [3.8, 4) is 17.4 Å². The predicted octanol–water partition coefficient (Wildman–Crippen LogP) is 0.637. The number of methoxy groups -OCH3 is 2. The molecule has 0 fully saturated rings. The van der Waals surface area contributed by atoms with Gasteiger partial charge in [0.1, 0.15) is 17.1 Å². The van der Waals surface area contributed by atoms with Gasteiger partial charge in [0.2, 0.25) is 5.88 Å². The molecule has 0 aliphatic carbocycles. The Morgan fingerprint density at radius 2 is 1.76 bits per heavy atom. The fourth-order valence-electron chi connectivity index (χ4n) is 3.29. The minimum Gasteiger partial charge on any atom is -0.496 e. The molecule has 3 N–H and O–H groups in total. The van der Waals surface area contributed by atoms with Gasteiger partial charge in [0.15, 0.2) is 0 Å². The van der Waals surface area contributed by atoms with E-state index in [4.69, 9.17) is 9.47 Å². The van der Waals surface area contributed by atoms with Crippen LogP contribution in [0.1, 0.15) is 16.7 Å². The van der Waals surface area contributed by atoms with Gasteiger partial charge >= 0.3 is 5.69 Å². The van der Waals surface area contributed by atoms with E-state index < -0.39 is 17.1 Å². The zero-order chi connectivity index (χ0) is 20.5. The lowest BCUT2D eigenvalue weighted by molar-refractivity contribution is 0.390. The number of nitrogens with zero attached hydrogens (tertiary/aromatic N) is 1. The summed E-state index contributed by atoms with van der Waals surface area (Å²) in [5.41, 5.74) is 0.912. The number of nitrogens with one attached hydrogen (secondary N) is 2. The maximum absolute atomic E-state index is 12.2. The number of hydrogen-bond acceptors (Lipinski definition) is 6. The highest BCUT2D eigenvalue weighted by Gasteiger charge is 2.21. The van der Waals surface area contributed by atoms with Crippen molar-refractivity contribution in [2.75, 3.05) is 14.2 Å². The quantitative estimate of drug-likeness (QED) is 0.603. The normalized spacial score (nSPS) is 12.9. The summed E-state index contributed by atoms with van der Waals surface area (Å²) >= 11 is 0. The van der Waals surface area contributed by atoms with Crippen LogP contribution in [0.15, 0.2) is 57.2 Å². The molecule has 1 aliphatic rings. The SMILES string of the molecule is COc1cc(OC)/c(=C\c2c(O)[nH]c(=O)[nH]c2=O)c2c1C(c1ccccc1)=CN=2. The maximum atomic E-state index is 12.2. The summed E-state index contributed by atoms with van der Waals surface area (Å²) in [4.78, 5) is 32.3. The van der Waals surface area contributed by atoms with E-state index in [0.717, 1.165) is 16.7 Å². The number of fused-ring (bicyclic) bond motifs is 1. The predicted molar refractivity (Wildman–Crippen MR) is 107 cm³/mol. The molecule has 8 heteroatoms. The first-order valence-electron chi connectivity index (χ1n) is 8.69. The third kappa shape index (κ3) is 3.10. The summed E-state index contributed by atoms with van der Waals surface area (Å²) in [5, 5.41) is 11.1.